The van der Waals surface area contributed by atoms with E-state index in [9.17, 15) is 32.3 Å². The van der Waals surface area contributed by atoms with Gasteiger partial charge in [-0.2, -0.15) is 0 Å². The maximum atomic E-state index is 13.2. The zero-order chi connectivity index (χ0) is 26.3. The van der Waals surface area contributed by atoms with Gasteiger partial charge in [-0.05, 0) is 54.4 Å². The lowest BCUT2D eigenvalue weighted by Crippen LogP contribution is -2.53. The molecule has 5 atom stereocenters. The number of hydrogen-bond donors (Lipinski definition) is 2. The van der Waals surface area contributed by atoms with E-state index in [1.165, 1.54) is 17.0 Å². The average molecular weight is 511 g/mol. The first-order valence-corrected chi connectivity index (χ1v) is 11.7. The van der Waals surface area contributed by atoms with Gasteiger partial charge >= 0.3 is 6.36 Å². The Morgan fingerprint density at radius 1 is 1.25 bits per heavy atom. The van der Waals surface area contributed by atoms with Crippen molar-refractivity contribution in [3.8, 4) is 11.5 Å². The molecule has 0 bridgehead atoms. The first-order valence-electron chi connectivity index (χ1n) is 11.7. The number of aldehydes is 1. The molecule has 9 nitrogen and oxygen atoms in total. The van der Waals surface area contributed by atoms with Crippen LogP contribution in [0, 0.1) is 23.2 Å². The molecule has 2 aliphatic heterocycles. The number of halogens is 3. The molecule has 3 fully saturated rings. The van der Waals surface area contributed by atoms with Gasteiger partial charge in [0.25, 0.3) is 5.91 Å². The first kappa shape index (κ1) is 25.8. The molecule has 1 aromatic rings. The van der Waals surface area contributed by atoms with Crippen LogP contribution in [0.3, 0.4) is 0 Å². The quantitative estimate of drug-likeness (QED) is 0.488. The fourth-order valence-electron chi connectivity index (χ4n) is 5.40. The second kappa shape index (κ2) is 9.62. The van der Waals surface area contributed by atoms with E-state index in [-0.39, 0.29) is 41.2 Å². The summed E-state index contributed by atoms with van der Waals surface area (Å²) in [6.45, 7) is 4.51. The Labute approximate surface area is 205 Å². The van der Waals surface area contributed by atoms with Crippen LogP contribution < -0.4 is 20.1 Å². The molecule has 0 unspecified atom stereocenters. The lowest BCUT2D eigenvalue weighted by Gasteiger charge is -2.31. The number of alkyl halides is 3. The molecule has 2 heterocycles. The minimum atomic E-state index is -4.81. The summed E-state index contributed by atoms with van der Waals surface area (Å²) in [7, 11) is 0. The number of nitrogens with zero attached hydrogens (tertiary/aromatic N) is 1. The average Bonchev–Trinajstić information content (AvgIpc) is 3.16. The van der Waals surface area contributed by atoms with Crippen LogP contribution >= 0.6 is 0 Å². The summed E-state index contributed by atoms with van der Waals surface area (Å²) < 4.78 is 46.2. The summed E-state index contributed by atoms with van der Waals surface area (Å²) in [5.74, 6) is -1.62. The van der Waals surface area contributed by atoms with E-state index in [4.69, 9.17) is 4.74 Å². The molecule has 12 heteroatoms. The highest BCUT2D eigenvalue weighted by molar-refractivity contribution is 5.91. The summed E-state index contributed by atoms with van der Waals surface area (Å²) in [4.78, 5) is 51.1. The number of rotatable bonds is 9. The Balaban J connectivity index is 1.37. The first-order chi connectivity index (χ1) is 16.9. The molecule has 0 spiro atoms. The second-order valence-electron chi connectivity index (χ2n) is 10.0. The number of amides is 3. The SMILES string of the molecule is CC1(C)[C@@H]2[C@H]1CN(C(=O)COc1ccc(OC(F)(F)F)cc1)[C@H]2C(=O)N[C@@H](C=O)C[C@H]1CCNC1=O. The van der Waals surface area contributed by atoms with Crippen LogP contribution in [-0.4, -0.2) is 67.1 Å². The second-order valence-corrected chi connectivity index (χ2v) is 10.0. The largest absolute Gasteiger partial charge is 0.573 e. The van der Waals surface area contributed by atoms with Crippen molar-refractivity contribution in [2.45, 2.75) is 45.1 Å². The Hall–Kier alpha value is -3.31. The molecule has 1 aliphatic carbocycles. The Kier molecular flexibility index (Phi) is 6.89. The number of carbonyl (C=O) groups excluding carboxylic acids is 4. The van der Waals surface area contributed by atoms with Crippen LogP contribution in [0.5, 0.6) is 11.5 Å². The predicted octanol–water partition coefficient (Wildman–Crippen LogP) is 1.66. The number of likely N-dealkylation sites (tertiary alicyclic amines) is 1. The monoisotopic (exact) mass is 511 g/mol. The fraction of sp³-hybridized carbons (Fsp3) is 0.583. The fourth-order valence-corrected chi connectivity index (χ4v) is 5.40. The van der Waals surface area contributed by atoms with Crippen molar-refractivity contribution < 1.29 is 41.8 Å². The van der Waals surface area contributed by atoms with E-state index in [1.807, 2.05) is 13.8 Å². The van der Waals surface area contributed by atoms with Crippen molar-refractivity contribution >= 4 is 24.0 Å². The van der Waals surface area contributed by atoms with Gasteiger partial charge in [-0.25, -0.2) is 0 Å². The third kappa shape index (κ3) is 5.41. The smallest absolute Gasteiger partial charge is 0.484 e. The van der Waals surface area contributed by atoms with Crippen molar-refractivity contribution in [2.24, 2.45) is 23.2 Å². The van der Waals surface area contributed by atoms with E-state index in [0.29, 0.717) is 25.8 Å². The van der Waals surface area contributed by atoms with Crippen molar-refractivity contribution in [3.63, 3.8) is 0 Å². The predicted molar refractivity (Wildman–Crippen MR) is 119 cm³/mol. The standard InChI is InChI=1S/C24H28F3N3O6/c1-23(2)17-10-30(18(32)12-35-15-3-5-16(6-4-15)36-24(25,26)27)20(19(17)23)22(34)29-14(11-31)9-13-7-8-28-21(13)33/h3-6,11,13-14,17,19-20H,7-10,12H2,1-2H3,(H,28,33)(H,29,34)/t13-,14-,17-,19-,20-/m1/s1. The number of piperidine rings is 1. The number of carbonyl (C=O) groups is 4. The zero-order valence-corrected chi connectivity index (χ0v) is 19.8. The Bertz CT molecular complexity index is 1030. The summed E-state index contributed by atoms with van der Waals surface area (Å²) in [5, 5.41) is 5.41. The highest BCUT2D eigenvalue weighted by Gasteiger charge is 2.69. The van der Waals surface area contributed by atoms with E-state index < -0.39 is 42.6 Å². The maximum Gasteiger partial charge on any atom is 0.573 e. The molecule has 1 saturated carbocycles. The lowest BCUT2D eigenvalue weighted by atomic mass is 9.97. The number of hydrogen-bond acceptors (Lipinski definition) is 6. The molecule has 3 amide bonds. The van der Waals surface area contributed by atoms with Gasteiger partial charge in [-0.1, -0.05) is 13.8 Å². The van der Waals surface area contributed by atoms with Gasteiger partial charge in [0.05, 0.1) is 6.04 Å². The van der Waals surface area contributed by atoms with E-state index in [2.05, 4.69) is 15.4 Å². The van der Waals surface area contributed by atoms with Crippen molar-refractivity contribution in [1.82, 2.24) is 15.5 Å². The highest BCUT2D eigenvalue weighted by Crippen LogP contribution is 2.64. The van der Waals surface area contributed by atoms with Crippen molar-refractivity contribution in [2.75, 3.05) is 19.7 Å². The van der Waals surface area contributed by atoms with Crippen LogP contribution in [0.4, 0.5) is 13.2 Å². The van der Waals surface area contributed by atoms with Gasteiger partial charge in [-0.15, -0.1) is 13.2 Å². The van der Waals surface area contributed by atoms with Gasteiger partial charge in [0, 0.05) is 19.0 Å². The number of fused-ring (bicyclic) bond motifs is 1. The summed E-state index contributed by atoms with van der Waals surface area (Å²) in [5.41, 5.74) is -0.143. The van der Waals surface area contributed by atoms with Crippen molar-refractivity contribution in [1.29, 1.82) is 0 Å². The summed E-state index contributed by atoms with van der Waals surface area (Å²) in [6.07, 6.45) is -3.43. The maximum absolute atomic E-state index is 13.2. The van der Waals surface area contributed by atoms with Crippen LogP contribution in [0.25, 0.3) is 0 Å². The molecular formula is C24H28F3N3O6. The normalized spacial score (nSPS) is 27.0. The van der Waals surface area contributed by atoms with Gasteiger partial charge in [0.1, 0.15) is 23.8 Å². The molecule has 2 saturated heterocycles. The Morgan fingerprint density at radius 3 is 2.50 bits per heavy atom. The minimum absolute atomic E-state index is 0.0812. The minimum Gasteiger partial charge on any atom is -0.484 e. The number of ether oxygens (including phenoxy) is 2. The third-order valence-electron chi connectivity index (χ3n) is 7.41. The van der Waals surface area contributed by atoms with Gasteiger partial charge in [-0.3, -0.25) is 14.4 Å². The molecule has 0 aromatic heterocycles. The molecular weight excluding hydrogens is 483 g/mol. The topological polar surface area (TPSA) is 114 Å². The summed E-state index contributed by atoms with van der Waals surface area (Å²) in [6, 6.07) is 3.00. The molecule has 4 rings (SSSR count). The third-order valence-corrected chi connectivity index (χ3v) is 7.41. The van der Waals surface area contributed by atoms with Gasteiger partial charge in [0.15, 0.2) is 6.61 Å². The van der Waals surface area contributed by atoms with Crippen LogP contribution in [0.1, 0.15) is 26.7 Å². The van der Waals surface area contributed by atoms with Gasteiger partial charge < -0.3 is 29.8 Å². The highest BCUT2D eigenvalue weighted by atomic mass is 19.4. The number of benzene rings is 1. The van der Waals surface area contributed by atoms with Crippen molar-refractivity contribution in [3.05, 3.63) is 24.3 Å². The van der Waals surface area contributed by atoms with E-state index in [1.54, 1.807) is 0 Å². The lowest BCUT2D eigenvalue weighted by molar-refractivity contribution is -0.274. The zero-order valence-electron chi connectivity index (χ0n) is 19.8. The van der Waals surface area contributed by atoms with Crippen LogP contribution in [0.2, 0.25) is 0 Å². The van der Waals surface area contributed by atoms with Crippen LogP contribution in [-0.2, 0) is 19.2 Å². The Morgan fingerprint density at radius 2 is 1.92 bits per heavy atom. The van der Waals surface area contributed by atoms with Crippen LogP contribution in [0.15, 0.2) is 24.3 Å². The molecule has 36 heavy (non-hydrogen) atoms. The molecule has 1 aromatic carbocycles. The molecule has 3 aliphatic rings. The van der Waals surface area contributed by atoms with E-state index in [0.717, 1.165) is 12.1 Å². The molecule has 0 radical (unpaired) electrons. The molecule has 196 valence electrons. The van der Waals surface area contributed by atoms with Gasteiger partial charge in [0.2, 0.25) is 11.8 Å². The van der Waals surface area contributed by atoms with E-state index >= 15 is 0 Å². The number of nitrogens with one attached hydrogen (secondary N) is 2. The molecule has 2 N–H and O–H groups in total. The summed E-state index contributed by atoms with van der Waals surface area (Å²) >= 11 is 0.